The van der Waals surface area contributed by atoms with Gasteiger partial charge in [0.05, 0.1) is 34.5 Å². The fourth-order valence-electron chi connectivity index (χ4n) is 3.39. The van der Waals surface area contributed by atoms with E-state index in [1.165, 1.54) is 38.1 Å². The maximum Gasteiger partial charge on any atom is 0.406 e. The lowest BCUT2D eigenvalue weighted by Gasteiger charge is -2.22. The molecule has 0 amide bonds. The molecule has 0 aliphatic carbocycles. The van der Waals surface area contributed by atoms with Crippen LogP contribution in [0.2, 0.25) is 0 Å². The highest BCUT2D eigenvalue weighted by Crippen LogP contribution is 2.21. The first-order valence-corrected chi connectivity index (χ1v) is 11.9. The minimum atomic E-state index is -4.52. The van der Waals surface area contributed by atoms with Crippen LogP contribution in [0, 0.1) is 0 Å². The van der Waals surface area contributed by atoms with Gasteiger partial charge in [0.25, 0.3) is 11.1 Å². The highest BCUT2D eigenvalue weighted by Gasteiger charge is 2.30. The molecule has 2 N–H and O–H groups in total. The Morgan fingerprint density at radius 1 is 0.850 bits per heavy atom. The largest absolute Gasteiger partial charge is 0.480 e. The minimum absolute atomic E-state index is 0.0235. The molecule has 0 radical (unpaired) electrons. The third-order valence-corrected chi connectivity index (χ3v) is 5.80. The van der Waals surface area contributed by atoms with Gasteiger partial charge in [-0.3, -0.25) is 18.7 Å². The van der Waals surface area contributed by atoms with Crippen LogP contribution in [0.25, 0.3) is 21.8 Å². The van der Waals surface area contributed by atoms with Gasteiger partial charge >= 0.3 is 18.3 Å². The van der Waals surface area contributed by atoms with Gasteiger partial charge in [-0.2, -0.15) is 26.3 Å². The third kappa shape index (κ3) is 7.80. The van der Waals surface area contributed by atoms with E-state index >= 15 is 0 Å². The van der Waals surface area contributed by atoms with Gasteiger partial charge in [-0.1, -0.05) is 15.9 Å². The van der Waals surface area contributed by atoms with E-state index in [-0.39, 0.29) is 16.3 Å². The molecule has 0 saturated heterocycles. The summed E-state index contributed by atoms with van der Waals surface area (Å²) in [6, 6.07) is 8.77. The molecule has 0 bridgehead atoms. The number of rotatable bonds is 5. The van der Waals surface area contributed by atoms with Crippen LogP contribution >= 0.6 is 15.9 Å². The van der Waals surface area contributed by atoms with Gasteiger partial charge in [0.15, 0.2) is 0 Å². The highest BCUT2D eigenvalue weighted by atomic mass is 79.9. The van der Waals surface area contributed by atoms with Crippen LogP contribution in [0.1, 0.15) is 13.8 Å². The van der Waals surface area contributed by atoms with Crippen LogP contribution in [0.3, 0.4) is 0 Å². The van der Waals surface area contributed by atoms with Crippen LogP contribution < -0.4 is 16.4 Å². The van der Waals surface area contributed by atoms with Gasteiger partial charge in [-0.05, 0) is 50.2 Å². The van der Waals surface area contributed by atoms with E-state index in [1.54, 1.807) is 12.1 Å². The SMILES string of the molecule is CC(C)(Nc1ccc2c(=O)n(CC(F)(F)F)cnc2c1)C(=O)O.O=c1c2ccc(Br)cc2ncn1CC(F)(F)F. The van der Waals surface area contributed by atoms with E-state index in [1.807, 2.05) is 0 Å². The summed E-state index contributed by atoms with van der Waals surface area (Å²) in [5.41, 5.74) is -1.82. The van der Waals surface area contributed by atoms with Crippen molar-refractivity contribution >= 4 is 49.4 Å². The van der Waals surface area contributed by atoms with Crippen LogP contribution in [0.15, 0.2) is 63.1 Å². The molecule has 4 rings (SSSR count). The summed E-state index contributed by atoms with van der Waals surface area (Å²) in [6.45, 7) is 0.161. The smallest absolute Gasteiger partial charge is 0.406 e. The van der Waals surface area contributed by atoms with Crippen molar-refractivity contribution in [3.05, 3.63) is 74.2 Å². The zero-order valence-corrected chi connectivity index (χ0v) is 22.2. The van der Waals surface area contributed by atoms with Crippen molar-refractivity contribution in [1.29, 1.82) is 0 Å². The molecular formula is C24H20BrF6N5O4. The molecule has 0 fully saturated rings. The number of nitrogens with one attached hydrogen (secondary N) is 1. The standard InChI is InChI=1S/C14H14F3N3O3.C10H6BrF3N2O/c1-13(2,12(22)23)19-8-3-4-9-10(5-8)18-7-20(11(9)21)6-14(15,16)17;11-6-1-2-7-8(3-6)15-5-16(9(7)17)4-10(12,13)14/h3-5,7,19H,6H2,1-2H3,(H,22,23);1-3,5H,4H2. The van der Waals surface area contributed by atoms with Crippen LogP contribution in [0.4, 0.5) is 32.0 Å². The molecule has 2 aromatic heterocycles. The monoisotopic (exact) mass is 635 g/mol. The van der Waals surface area contributed by atoms with Crippen LogP contribution in [-0.4, -0.2) is 48.1 Å². The fraction of sp³-hybridized carbons (Fsp3) is 0.292. The molecule has 214 valence electrons. The van der Waals surface area contributed by atoms with Crippen molar-refractivity contribution in [2.75, 3.05) is 5.32 Å². The molecule has 0 spiro atoms. The first kappa shape index (κ1) is 30.6. The van der Waals surface area contributed by atoms with Gasteiger partial charge < -0.3 is 10.4 Å². The zero-order chi connectivity index (χ0) is 30.0. The average molecular weight is 636 g/mol. The van der Waals surface area contributed by atoms with Gasteiger partial charge in [0, 0.05) is 10.2 Å². The number of carboxylic acid groups (broad SMARTS) is 1. The molecule has 0 saturated carbocycles. The Morgan fingerprint density at radius 3 is 1.75 bits per heavy atom. The molecule has 40 heavy (non-hydrogen) atoms. The lowest BCUT2D eigenvalue weighted by atomic mass is 10.1. The summed E-state index contributed by atoms with van der Waals surface area (Å²) in [5, 5.41) is 12.0. The molecule has 0 unspecified atom stereocenters. The number of hydrogen-bond donors (Lipinski definition) is 2. The van der Waals surface area contributed by atoms with E-state index in [0.29, 0.717) is 24.8 Å². The van der Waals surface area contributed by atoms with E-state index < -0.39 is 48.1 Å². The fourth-order valence-corrected chi connectivity index (χ4v) is 3.74. The lowest BCUT2D eigenvalue weighted by Crippen LogP contribution is -2.39. The second-order valence-corrected chi connectivity index (χ2v) is 9.95. The summed E-state index contributed by atoms with van der Waals surface area (Å²) in [5.74, 6) is -1.08. The van der Waals surface area contributed by atoms with Crippen molar-refractivity contribution in [2.45, 2.75) is 44.8 Å². The van der Waals surface area contributed by atoms with Crippen LogP contribution in [0.5, 0.6) is 0 Å². The molecule has 0 atom stereocenters. The van der Waals surface area contributed by atoms with E-state index in [2.05, 4.69) is 31.2 Å². The van der Waals surface area contributed by atoms with E-state index in [0.717, 1.165) is 12.7 Å². The number of hydrogen-bond acceptors (Lipinski definition) is 6. The summed E-state index contributed by atoms with van der Waals surface area (Å²) in [4.78, 5) is 42.5. The first-order valence-electron chi connectivity index (χ1n) is 11.2. The van der Waals surface area contributed by atoms with Gasteiger partial charge in [-0.25, -0.2) is 14.8 Å². The van der Waals surface area contributed by atoms with Crippen molar-refractivity contribution < 1.29 is 36.2 Å². The Labute approximate surface area is 229 Å². The number of carbonyl (C=O) groups is 1. The number of benzene rings is 2. The number of aliphatic carboxylic acids is 1. The molecule has 0 aliphatic rings. The number of carboxylic acids is 1. The number of halogens is 7. The third-order valence-electron chi connectivity index (χ3n) is 5.30. The summed E-state index contributed by atoms with van der Waals surface area (Å²) < 4.78 is 75.5. The quantitative estimate of drug-likeness (QED) is 0.298. The number of fused-ring (bicyclic) bond motifs is 2. The Morgan fingerprint density at radius 2 is 1.30 bits per heavy atom. The van der Waals surface area contributed by atoms with Crippen molar-refractivity contribution in [3.63, 3.8) is 0 Å². The first-order chi connectivity index (χ1) is 18.4. The number of nitrogens with zero attached hydrogens (tertiary/aromatic N) is 4. The van der Waals surface area contributed by atoms with Crippen molar-refractivity contribution in [3.8, 4) is 0 Å². The summed E-state index contributed by atoms with van der Waals surface area (Å²) in [7, 11) is 0. The van der Waals surface area contributed by atoms with Gasteiger partial charge in [0.2, 0.25) is 0 Å². The Bertz CT molecular complexity index is 1680. The lowest BCUT2D eigenvalue weighted by molar-refractivity contribution is -0.142. The van der Waals surface area contributed by atoms with Crippen LogP contribution in [-0.2, 0) is 17.9 Å². The Hall–Kier alpha value is -3.95. The molecule has 4 aromatic rings. The van der Waals surface area contributed by atoms with E-state index in [9.17, 15) is 40.7 Å². The summed E-state index contributed by atoms with van der Waals surface area (Å²) >= 11 is 3.20. The maximum absolute atomic E-state index is 12.4. The maximum atomic E-state index is 12.4. The molecule has 2 aromatic carbocycles. The molecule has 16 heteroatoms. The second kappa shape index (κ2) is 11.3. The molecule has 2 heterocycles. The van der Waals surface area contributed by atoms with Crippen molar-refractivity contribution in [1.82, 2.24) is 19.1 Å². The average Bonchev–Trinajstić information content (AvgIpc) is 2.81. The van der Waals surface area contributed by atoms with Gasteiger partial charge in [-0.15, -0.1) is 0 Å². The molecular weight excluding hydrogens is 616 g/mol. The number of alkyl halides is 6. The Balaban J connectivity index is 0.000000230. The predicted octanol–water partition coefficient (Wildman–Crippen LogP) is 4.96. The highest BCUT2D eigenvalue weighted by molar-refractivity contribution is 9.10. The van der Waals surface area contributed by atoms with Gasteiger partial charge in [0.1, 0.15) is 18.6 Å². The van der Waals surface area contributed by atoms with Crippen molar-refractivity contribution in [2.24, 2.45) is 0 Å². The minimum Gasteiger partial charge on any atom is -0.480 e. The second-order valence-electron chi connectivity index (χ2n) is 9.03. The summed E-state index contributed by atoms with van der Waals surface area (Å²) in [6.07, 6.45) is -7.23. The molecule has 0 aliphatic heterocycles. The topological polar surface area (TPSA) is 119 Å². The van der Waals surface area contributed by atoms with E-state index in [4.69, 9.17) is 5.11 Å². The zero-order valence-electron chi connectivity index (χ0n) is 20.6. The normalized spacial score (nSPS) is 12.2. The number of aromatic nitrogens is 4. The Kier molecular flexibility index (Phi) is 8.62. The molecule has 9 nitrogen and oxygen atoms in total. The number of anilines is 1. The predicted molar refractivity (Wildman–Crippen MR) is 137 cm³/mol.